The van der Waals surface area contributed by atoms with Crippen molar-refractivity contribution in [2.45, 2.75) is 6.92 Å². The second-order valence-electron chi connectivity index (χ2n) is 2.16. The third kappa shape index (κ3) is 5.93. The molecule has 0 spiro atoms. The highest BCUT2D eigenvalue weighted by molar-refractivity contribution is 14.1. The Morgan fingerprint density at radius 1 is 1.33 bits per heavy atom. The Kier molecular flexibility index (Phi) is 7.02. The lowest BCUT2D eigenvalue weighted by molar-refractivity contribution is 1.46. The molecular weight excluding hydrogens is 376 g/mol. The van der Waals surface area contributed by atoms with Gasteiger partial charge in [0.15, 0.2) is 0 Å². The third-order valence-electron chi connectivity index (χ3n) is 1.11. The molecule has 0 aliphatic carbocycles. The first-order chi connectivity index (χ1) is 5.57. The summed E-state index contributed by atoms with van der Waals surface area (Å²) in [6.07, 6.45) is 5.83. The van der Waals surface area contributed by atoms with Gasteiger partial charge in [-0.15, -0.1) is 0 Å². The zero-order chi connectivity index (χ0) is 9.56. The third-order valence-corrected chi connectivity index (χ3v) is 2.09. The monoisotopic (exact) mass is 387 g/mol. The molecule has 0 N–H and O–H groups in total. The summed E-state index contributed by atoms with van der Waals surface area (Å²) in [5.41, 5.74) is 1.14. The van der Waals surface area contributed by atoms with Gasteiger partial charge in [0.05, 0.1) is 0 Å². The van der Waals surface area contributed by atoms with E-state index in [0.717, 1.165) is 9.15 Å². The summed E-state index contributed by atoms with van der Waals surface area (Å²) in [6, 6.07) is 0. The molecule has 0 aromatic rings. The first-order valence-corrected chi connectivity index (χ1v) is 5.54. The first kappa shape index (κ1) is 12.3. The van der Waals surface area contributed by atoms with E-state index >= 15 is 0 Å². The average molecular weight is 387 g/mol. The van der Waals surface area contributed by atoms with Gasteiger partial charge in [-0.2, -0.15) is 0 Å². The molecule has 0 unspecified atom stereocenters. The molecule has 0 saturated heterocycles. The molecule has 3 heteroatoms. The molecule has 0 fully saturated rings. The summed E-state index contributed by atoms with van der Waals surface area (Å²) in [5.74, 6) is 0. The van der Waals surface area contributed by atoms with Crippen LogP contribution in [0.15, 0.2) is 36.5 Å². The highest BCUT2D eigenvalue weighted by Crippen LogP contribution is 2.13. The fraction of sp³-hybridized carbons (Fsp3) is 0.222. The van der Waals surface area contributed by atoms with Crippen LogP contribution in [0.4, 0.5) is 0 Å². The quantitative estimate of drug-likeness (QED) is 0.396. The van der Waals surface area contributed by atoms with Crippen molar-refractivity contribution in [3.8, 4) is 0 Å². The van der Waals surface area contributed by atoms with Crippen LogP contribution in [-0.4, -0.2) is 13.3 Å². The SMILES string of the molecule is C=C(I)\C=C/C(/C=N\C)=C(\C)I. The van der Waals surface area contributed by atoms with Crippen LogP contribution in [0.5, 0.6) is 0 Å². The molecule has 1 nitrogen and oxygen atoms in total. The molecular formula is C9H11I2N. The smallest absolute Gasteiger partial charge is 0.0288 e. The van der Waals surface area contributed by atoms with E-state index in [1.807, 2.05) is 18.4 Å². The van der Waals surface area contributed by atoms with E-state index in [-0.39, 0.29) is 0 Å². The van der Waals surface area contributed by atoms with Gasteiger partial charge in [-0.1, -0.05) is 12.7 Å². The highest BCUT2D eigenvalue weighted by Gasteiger charge is 1.90. The van der Waals surface area contributed by atoms with Crippen molar-refractivity contribution < 1.29 is 0 Å². The van der Waals surface area contributed by atoms with Gasteiger partial charge in [0, 0.05) is 22.4 Å². The van der Waals surface area contributed by atoms with Crippen LogP contribution in [0, 0.1) is 0 Å². The molecule has 0 aromatic carbocycles. The largest absolute Gasteiger partial charge is 0.296 e. The average Bonchev–Trinajstić information content (AvgIpc) is 1.96. The van der Waals surface area contributed by atoms with E-state index in [4.69, 9.17) is 0 Å². The second kappa shape index (κ2) is 6.82. The van der Waals surface area contributed by atoms with Crippen molar-refractivity contribution in [2.24, 2.45) is 4.99 Å². The number of aliphatic imine (C=N–C) groups is 1. The molecule has 0 aromatic heterocycles. The molecule has 12 heavy (non-hydrogen) atoms. The Labute approximate surface area is 101 Å². The van der Waals surface area contributed by atoms with Crippen LogP contribution in [-0.2, 0) is 0 Å². The Morgan fingerprint density at radius 3 is 2.25 bits per heavy atom. The van der Waals surface area contributed by atoms with Gasteiger partial charge in [-0.25, -0.2) is 0 Å². The van der Waals surface area contributed by atoms with Crippen LogP contribution >= 0.6 is 45.2 Å². The fourth-order valence-electron chi connectivity index (χ4n) is 0.566. The number of halogens is 2. The minimum atomic E-state index is 1.02. The fourth-order valence-corrected chi connectivity index (χ4v) is 1.06. The lowest BCUT2D eigenvalue weighted by Gasteiger charge is -1.94. The predicted molar refractivity (Wildman–Crippen MR) is 73.4 cm³/mol. The minimum Gasteiger partial charge on any atom is -0.296 e. The maximum atomic E-state index is 3.96. The zero-order valence-corrected chi connectivity index (χ0v) is 11.5. The molecule has 0 atom stereocenters. The van der Waals surface area contributed by atoms with E-state index in [2.05, 4.69) is 63.7 Å². The number of hydrogen-bond donors (Lipinski definition) is 0. The molecule has 0 heterocycles. The summed E-state index contributed by atoms with van der Waals surface area (Å²) in [6.45, 7) is 5.83. The Morgan fingerprint density at radius 2 is 1.92 bits per heavy atom. The molecule has 0 rings (SSSR count). The lowest BCUT2D eigenvalue weighted by atomic mass is 10.2. The molecule has 0 bridgehead atoms. The van der Waals surface area contributed by atoms with E-state index in [1.165, 1.54) is 3.58 Å². The molecule has 0 aliphatic heterocycles. The van der Waals surface area contributed by atoms with Gasteiger partial charge >= 0.3 is 0 Å². The number of hydrogen-bond acceptors (Lipinski definition) is 1. The Balaban J connectivity index is 4.58. The van der Waals surface area contributed by atoms with Crippen molar-refractivity contribution in [2.75, 3.05) is 7.05 Å². The van der Waals surface area contributed by atoms with Gasteiger partial charge in [-0.3, -0.25) is 4.99 Å². The summed E-state index contributed by atoms with van der Waals surface area (Å²) in [5, 5.41) is 0. The number of nitrogens with zero attached hydrogens (tertiary/aromatic N) is 1. The maximum Gasteiger partial charge on any atom is 0.0288 e. The predicted octanol–water partition coefficient (Wildman–Crippen LogP) is 3.90. The molecule has 0 radical (unpaired) electrons. The van der Waals surface area contributed by atoms with Crippen molar-refractivity contribution in [1.29, 1.82) is 0 Å². The van der Waals surface area contributed by atoms with Crippen LogP contribution in [0.25, 0.3) is 0 Å². The molecule has 0 amide bonds. The van der Waals surface area contributed by atoms with Crippen molar-refractivity contribution in [3.63, 3.8) is 0 Å². The zero-order valence-electron chi connectivity index (χ0n) is 7.14. The van der Waals surface area contributed by atoms with Crippen LogP contribution < -0.4 is 0 Å². The Bertz CT molecular complexity index is 245. The summed E-state index contributed by atoms with van der Waals surface area (Å²) in [7, 11) is 1.77. The van der Waals surface area contributed by atoms with Crippen molar-refractivity contribution in [1.82, 2.24) is 0 Å². The highest BCUT2D eigenvalue weighted by atomic mass is 127. The van der Waals surface area contributed by atoms with Gasteiger partial charge in [-0.05, 0) is 61.8 Å². The maximum absolute atomic E-state index is 3.96. The normalized spacial score (nSPS) is 14.0. The van der Waals surface area contributed by atoms with Crippen molar-refractivity contribution >= 4 is 51.4 Å². The van der Waals surface area contributed by atoms with Crippen LogP contribution in [0.2, 0.25) is 0 Å². The van der Waals surface area contributed by atoms with Crippen LogP contribution in [0.3, 0.4) is 0 Å². The summed E-state index contributed by atoms with van der Waals surface area (Å²) >= 11 is 4.46. The molecule has 66 valence electrons. The van der Waals surface area contributed by atoms with E-state index < -0.39 is 0 Å². The molecule has 0 aliphatic rings. The first-order valence-electron chi connectivity index (χ1n) is 3.39. The minimum absolute atomic E-state index is 1.02. The summed E-state index contributed by atoms with van der Waals surface area (Å²) < 4.78 is 2.25. The lowest BCUT2D eigenvalue weighted by Crippen LogP contribution is -1.81. The van der Waals surface area contributed by atoms with Gasteiger partial charge in [0.1, 0.15) is 0 Å². The summed E-state index contributed by atoms with van der Waals surface area (Å²) in [4.78, 5) is 3.96. The molecule has 0 saturated carbocycles. The van der Waals surface area contributed by atoms with Crippen LogP contribution in [0.1, 0.15) is 6.92 Å². The van der Waals surface area contributed by atoms with Gasteiger partial charge < -0.3 is 0 Å². The second-order valence-corrected chi connectivity index (χ2v) is 5.16. The Hall–Kier alpha value is 0.350. The van der Waals surface area contributed by atoms with Gasteiger partial charge in [0.2, 0.25) is 0 Å². The van der Waals surface area contributed by atoms with E-state index in [0.29, 0.717) is 0 Å². The topological polar surface area (TPSA) is 12.4 Å². The van der Waals surface area contributed by atoms with Gasteiger partial charge in [0.25, 0.3) is 0 Å². The van der Waals surface area contributed by atoms with E-state index in [9.17, 15) is 0 Å². The van der Waals surface area contributed by atoms with Crippen molar-refractivity contribution in [3.05, 3.63) is 31.5 Å². The number of allylic oxidation sites excluding steroid dienone is 5. The van der Waals surface area contributed by atoms with E-state index in [1.54, 1.807) is 7.05 Å². The number of rotatable bonds is 3. The standard InChI is InChI=1S/C9H11I2N/c1-7(10)4-5-9(6-12-3)8(2)11/h4-6H,1H2,2-3H3/b5-4-,9-8-,12-6-.